The van der Waals surface area contributed by atoms with Gasteiger partial charge in [-0.3, -0.25) is 24.0 Å². The number of aliphatic imine (C=N–C) groups is 1. The Morgan fingerprint density at radius 1 is 1.02 bits per heavy atom. The van der Waals surface area contributed by atoms with E-state index in [1.54, 1.807) is 27.7 Å². The molecular formula is C37H62N2O12. The van der Waals surface area contributed by atoms with Crippen molar-refractivity contribution in [3.05, 3.63) is 0 Å². The lowest BCUT2D eigenvalue weighted by Gasteiger charge is -2.48. The molecule has 0 spiro atoms. The Kier molecular flexibility index (Phi) is 15.7. The summed E-state index contributed by atoms with van der Waals surface area (Å²) in [5.41, 5.74) is -2.96. The number of cyclic esters (lactones) is 1. The average molecular weight is 727 g/mol. The van der Waals surface area contributed by atoms with Gasteiger partial charge in [0.25, 0.3) is 0 Å². The number of likely N-dealkylation sites (N-methyl/N-ethyl adjacent to an activating group) is 1. The molecule has 292 valence electrons. The number of aliphatic hydroxyl groups is 1. The molecule has 3 heterocycles. The third-order valence-corrected chi connectivity index (χ3v) is 10.4. The predicted molar refractivity (Wildman–Crippen MR) is 188 cm³/mol. The molecular weight excluding hydrogens is 664 g/mol. The number of ketones is 2. The quantitative estimate of drug-likeness (QED) is 0.323. The summed E-state index contributed by atoms with van der Waals surface area (Å²) in [6.07, 6.45) is -5.13. The number of fused-ring (bicyclic) bond motifs is 5. The molecule has 3 fully saturated rings. The fraction of sp³-hybridized carbons (Fsp3) is 0.838. The van der Waals surface area contributed by atoms with E-state index in [1.165, 1.54) is 27.7 Å². The second-order valence-corrected chi connectivity index (χ2v) is 15.0. The molecule has 3 aliphatic rings. The Morgan fingerprint density at radius 2 is 1.65 bits per heavy atom. The van der Waals surface area contributed by atoms with E-state index >= 15 is 0 Å². The van der Waals surface area contributed by atoms with Crippen LogP contribution in [0.5, 0.6) is 0 Å². The fourth-order valence-corrected chi connectivity index (χ4v) is 7.85. The van der Waals surface area contributed by atoms with Crippen LogP contribution in [0.2, 0.25) is 0 Å². The second-order valence-electron chi connectivity index (χ2n) is 15.0. The lowest BCUT2D eigenvalue weighted by atomic mass is 9.73. The van der Waals surface area contributed by atoms with E-state index in [0.29, 0.717) is 12.1 Å². The first kappa shape index (κ1) is 44.5. The minimum atomic E-state index is -1.87. The molecule has 1 N–H and O–H groups in total. The molecule has 14 heteroatoms. The number of hydrogen-bond donors (Lipinski definition) is 1. The van der Waals surface area contributed by atoms with E-state index in [4.69, 9.17) is 28.4 Å². The Labute approximate surface area is 303 Å². The third kappa shape index (κ3) is 10.3. The summed E-state index contributed by atoms with van der Waals surface area (Å²) in [5, 5.41) is 12.0. The molecule has 3 saturated heterocycles. The molecule has 3 aliphatic heterocycles. The van der Waals surface area contributed by atoms with Gasteiger partial charge in [0.05, 0.1) is 30.0 Å². The molecule has 0 aliphatic carbocycles. The third-order valence-electron chi connectivity index (χ3n) is 10.4. The standard InChI is InChI=1S/C36H58N2O12.CH4/c1-13-27-36(10,44)32-20(4)28(37-23(7)39)18(2)15-35(9,46-17-25(41)16-45-32)31(21(5)29(42)22(6)33(43)49-27)50-34-30(48-24(8)40)26(38(11)12)14-19(3)47-34;/h18-22,26-27,30-32,34,44H,13-17H2,1-12H3;1H4/t18-,19-,20+,21+,22-,26+,27-,30-,31-,32-,34+,35-,36-;/m1./s1. The summed E-state index contributed by atoms with van der Waals surface area (Å²) in [5.74, 6) is -6.53. The van der Waals surface area contributed by atoms with Crippen molar-refractivity contribution in [3.8, 4) is 0 Å². The van der Waals surface area contributed by atoms with Crippen LogP contribution in [0.1, 0.15) is 95.9 Å². The van der Waals surface area contributed by atoms with Crippen molar-refractivity contribution in [2.75, 3.05) is 27.3 Å². The van der Waals surface area contributed by atoms with E-state index in [0.717, 1.165) is 0 Å². The Balaban J connectivity index is 0.00000901. The number of esters is 2. The SMILES string of the molecule is C.CC[C@H]1OC(=O)[C@H](C)C(=O)[C@H](C)[C@@H](O[C@@H]2O[C@H](C)C[C@H](N(C)C)[C@H]2OC(C)=O)[C@@]2(C)C[C@@H](C)C(=NC(C)=O)[C@H](C)[C@@H](OCC(=O)CO2)[C@]1(C)O. The molecule has 51 heavy (non-hydrogen) atoms. The normalized spacial score (nSPS) is 41.1. The van der Waals surface area contributed by atoms with Crippen LogP contribution in [-0.2, 0) is 52.4 Å². The molecule has 1 amide bonds. The van der Waals surface area contributed by atoms with Gasteiger partial charge in [-0.15, -0.1) is 0 Å². The highest BCUT2D eigenvalue weighted by Gasteiger charge is 2.53. The molecule has 0 unspecified atom stereocenters. The maximum atomic E-state index is 14.3. The van der Waals surface area contributed by atoms with Crippen LogP contribution in [-0.4, -0.2) is 126 Å². The van der Waals surface area contributed by atoms with E-state index in [9.17, 15) is 29.1 Å². The maximum Gasteiger partial charge on any atom is 0.316 e. The minimum absolute atomic E-state index is 0. The summed E-state index contributed by atoms with van der Waals surface area (Å²) in [6.45, 7) is 15.0. The van der Waals surface area contributed by atoms with Crippen LogP contribution in [0.3, 0.4) is 0 Å². The topological polar surface area (TPSA) is 177 Å². The van der Waals surface area contributed by atoms with Crippen molar-refractivity contribution in [2.45, 2.75) is 150 Å². The molecule has 0 aromatic carbocycles. The first-order valence-electron chi connectivity index (χ1n) is 17.6. The lowest BCUT2D eigenvalue weighted by molar-refractivity contribution is -0.299. The molecule has 0 aromatic heterocycles. The van der Waals surface area contributed by atoms with Gasteiger partial charge in [0.1, 0.15) is 30.8 Å². The minimum Gasteiger partial charge on any atom is -0.459 e. The zero-order valence-electron chi connectivity index (χ0n) is 31.7. The van der Waals surface area contributed by atoms with E-state index in [1.807, 2.05) is 32.8 Å². The molecule has 14 nitrogen and oxygen atoms in total. The van der Waals surface area contributed by atoms with Crippen LogP contribution in [0, 0.1) is 23.7 Å². The molecule has 0 aromatic rings. The van der Waals surface area contributed by atoms with Gasteiger partial charge in [-0.1, -0.05) is 35.1 Å². The van der Waals surface area contributed by atoms with Crippen LogP contribution >= 0.6 is 0 Å². The fourth-order valence-electron chi connectivity index (χ4n) is 7.85. The Bertz CT molecular complexity index is 1300. The zero-order valence-corrected chi connectivity index (χ0v) is 31.7. The Morgan fingerprint density at radius 3 is 2.20 bits per heavy atom. The van der Waals surface area contributed by atoms with E-state index in [2.05, 4.69) is 4.99 Å². The number of Topliss-reactive ketones (excluding diaryl/α,β-unsaturated/α-hetero) is 2. The number of hydrogen-bond acceptors (Lipinski definition) is 13. The van der Waals surface area contributed by atoms with Gasteiger partial charge in [-0.25, -0.2) is 4.99 Å². The van der Waals surface area contributed by atoms with Crippen LogP contribution in [0.4, 0.5) is 0 Å². The van der Waals surface area contributed by atoms with E-state index < -0.39 is 108 Å². The molecule has 13 atom stereocenters. The van der Waals surface area contributed by atoms with Gasteiger partial charge in [0.15, 0.2) is 24.0 Å². The highest BCUT2D eigenvalue weighted by atomic mass is 16.7. The van der Waals surface area contributed by atoms with Crippen LogP contribution in [0.25, 0.3) is 0 Å². The first-order valence-corrected chi connectivity index (χ1v) is 17.6. The number of rotatable bonds is 5. The van der Waals surface area contributed by atoms with Gasteiger partial charge in [-0.05, 0) is 67.0 Å². The summed E-state index contributed by atoms with van der Waals surface area (Å²) in [4.78, 5) is 72.6. The van der Waals surface area contributed by atoms with Crippen molar-refractivity contribution < 1.29 is 57.5 Å². The number of amides is 1. The summed E-state index contributed by atoms with van der Waals surface area (Å²) in [7, 11) is 3.71. The van der Waals surface area contributed by atoms with Gasteiger partial charge >= 0.3 is 11.9 Å². The first-order chi connectivity index (χ1) is 23.1. The molecule has 2 bridgehead atoms. The monoisotopic (exact) mass is 726 g/mol. The van der Waals surface area contributed by atoms with Gasteiger partial charge in [0.2, 0.25) is 5.91 Å². The zero-order chi connectivity index (χ0) is 37.9. The Hall–Kier alpha value is -2.62. The van der Waals surface area contributed by atoms with Crippen molar-refractivity contribution in [3.63, 3.8) is 0 Å². The maximum absolute atomic E-state index is 14.3. The average Bonchev–Trinajstić information content (AvgIpc) is 3.03. The highest BCUT2D eigenvalue weighted by Crippen LogP contribution is 2.40. The summed E-state index contributed by atoms with van der Waals surface area (Å²) < 4.78 is 37.2. The van der Waals surface area contributed by atoms with Gasteiger partial charge < -0.3 is 38.4 Å². The molecule has 3 rings (SSSR count). The lowest BCUT2D eigenvalue weighted by Crippen LogP contribution is -2.60. The smallest absolute Gasteiger partial charge is 0.316 e. The van der Waals surface area contributed by atoms with E-state index in [-0.39, 0.29) is 32.4 Å². The summed E-state index contributed by atoms with van der Waals surface area (Å²) >= 11 is 0. The second kappa shape index (κ2) is 17.9. The van der Waals surface area contributed by atoms with Crippen molar-refractivity contribution in [1.82, 2.24) is 4.90 Å². The predicted octanol–water partition coefficient (Wildman–Crippen LogP) is 3.33. The summed E-state index contributed by atoms with van der Waals surface area (Å²) in [6, 6.07) is -0.309. The van der Waals surface area contributed by atoms with Crippen LogP contribution in [0.15, 0.2) is 4.99 Å². The van der Waals surface area contributed by atoms with Gasteiger partial charge in [0, 0.05) is 31.4 Å². The van der Waals surface area contributed by atoms with Crippen molar-refractivity contribution in [1.29, 1.82) is 0 Å². The highest BCUT2D eigenvalue weighted by molar-refractivity contribution is 6.00. The van der Waals surface area contributed by atoms with Crippen molar-refractivity contribution >= 4 is 35.1 Å². The number of nitrogens with zero attached hydrogens (tertiary/aromatic N) is 2. The number of ether oxygens (including phenoxy) is 6. The molecule has 0 radical (unpaired) electrons. The molecule has 0 saturated carbocycles. The van der Waals surface area contributed by atoms with Crippen LogP contribution < -0.4 is 0 Å². The largest absolute Gasteiger partial charge is 0.459 e. The van der Waals surface area contributed by atoms with Gasteiger partial charge in [-0.2, -0.15) is 0 Å². The van der Waals surface area contributed by atoms with Crippen molar-refractivity contribution in [2.24, 2.45) is 28.7 Å². The number of carbonyl (C=O) groups is 5. The number of carbonyl (C=O) groups excluding carboxylic acids is 5.